The van der Waals surface area contributed by atoms with E-state index in [0.29, 0.717) is 13.2 Å². The minimum absolute atomic E-state index is 0.0592. The van der Waals surface area contributed by atoms with Gasteiger partial charge in [0.15, 0.2) is 6.04 Å². The normalized spacial score (nSPS) is 12.5. The molecule has 94 valence electrons. The molecule has 0 radical (unpaired) electrons. The summed E-state index contributed by atoms with van der Waals surface area (Å²) in [5.74, 6) is -1.51. The number of carboxylic acid groups (broad SMARTS) is 1. The summed E-state index contributed by atoms with van der Waals surface area (Å²) in [5, 5.41) is 11.0. The molecule has 0 aromatic heterocycles. The molecule has 16 heavy (non-hydrogen) atoms. The van der Waals surface area contributed by atoms with Gasteiger partial charge in [0.1, 0.15) is 0 Å². The highest BCUT2D eigenvalue weighted by Crippen LogP contribution is 1.90. The summed E-state index contributed by atoms with van der Waals surface area (Å²) >= 11 is 0. The Morgan fingerprint density at radius 2 is 1.94 bits per heavy atom. The molecule has 0 rings (SSSR count). The van der Waals surface area contributed by atoms with Crippen LogP contribution >= 0.6 is 0 Å². The average molecular weight is 233 g/mol. The number of rotatable bonds is 8. The molecule has 0 aliphatic heterocycles. The van der Waals surface area contributed by atoms with Gasteiger partial charge >= 0.3 is 5.97 Å². The molecule has 0 aromatic rings. The van der Waals surface area contributed by atoms with Gasteiger partial charge < -0.3 is 19.9 Å². The van der Waals surface area contributed by atoms with Crippen LogP contribution in [0.5, 0.6) is 0 Å². The zero-order valence-electron chi connectivity index (χ0n) is 9.86. The van der Waals surface area contributed by atoms with Crippen molar-refractivity contribution in [2.75, 3.05) is 19.8 Å². The Morgan fingerprint density at radius 3 is 2.38 bits per heavy atom. The van der Waals surface area contributed by atoms with E-state index >= 15 is 0 Å². The monoisotopic (exact) mass is 233 g/mol. The third-order valence-corrected chi connectivity index (χ3v) is 1.64. The van der Waals surface area contributed by atoms with Crippen molar-refractivity contribution in [1.29, 1.82) is 0 Å². The first-order valence-corrected chi connectivity index (χ1v) is 5.12. The van der Waals surface area contributed by atoms with Crippen molar-refractivity contribution in [2.24, 2.45) is 0 Å². The van der Waals surface area contributed by atoms with Crippen LogP contribution in [0.4, 0.5) is 0 Å². The lowest BCUT2D eigenvalue weighted by atomic mass is 10.3. The van der Waals surface area contributed by atoms with Crippen LogP contribution in [0.15, 0.2) is 0 Å². The van der Waals surface area contributed by atoms with Gasteiger partial charge in [0, 0.05) is 6.92 Å². The average Bonchev–Trinajstić information content (AvgIpc) is 2.14. The Balaban J connectivity index is 3.69. The summed E-state index contributed by atoms with van der Waals surface area (Å²) in [5.41, 5.74) is 0. The van der Waals surface area contributed by atoms with E-state index in [1.54, 1.807) is 0 Å². The lowest BCUT2D eigenvalue weighted by Crippen LogP contribution is -2.43. The van der Waals surface area contributed by atoms with Crippen LogP contribution < -0.4 is 5.32 Å². The molecule has 0 saturated carbocycles. The number of nitrogens with one attached hydrogen (secondary N) is 1. The van der Waals surface area contributed by atoms with Crippen LogP contribution in [0.25, 0.3) is 0 Å². The molecule has 0 fully saturated rings. The Labute approximate surface area is 94.9 Å². The van der Waals surface area contributed by atoms with Crippen molar-refractivity contribution >= 4 is 11.9 Å². The van der Waals surface area contributed by atoms with Gasteiger partial charge in [-0.05, 0) is 13.8 Å². The summed E-state index contributed by atoms with van der Waals surface area (Å²) in [6.45, 7) is 5.72. The predicted molar refractivity (Wildman–Crippen MR) is 57.1 cm³/mol. The number of hydrogen-bond acceptors (Lipinski definition) is 4. The molecule has 6 heteroatoms. The second-order valence-electron chi connectivity index (χ2n) is 3.59. The number of hydrogen-bond donors (Lipinski definition) is 2. The van der Waals surface area contributed by atoms with Crippen molar-refractivity contribution < 1.29 is 24.2 Å². The quantitative estimate of drug-likeness (QED) is 0.577. The van der Waals surface area contributed by atoms with E-state index in [1.165, 1.54) is 6.92 Å². The molecule has 0 aliphatic rings. The van der Waals surface area contributed by atoms with Crippen LogP contribution in [-0.4, -0.2) is 48.9 Å². The maximum absolute atomic E-state index is 10.7. The smallest absolute Gasteiger partial charge is 0.328 e. The van der Waals surface area contributed by atoms with Crippen molar-refractivity contribution in [3.63, 3.8) is 0 Å². The summed E-state index contributed by atoms with van der Waals surface area (Å²) < 4.78 is 10.3. The molecule has 0 spiro atoms. The third-order valence-electron chi connectivity index (χ3n) is 1.64. The van der Waals surface area contributed by atoms with Gasteiger partial charge in [0.2, 0.25) is 5.91 Å². The predicted octanol–water partition coefficient (Wildman–Crippen LogP) is 0.0173. The summed E-state index contributed by atoms with van der Waals surface area (Å²) in [4.78, 5) is 21.4. The Kier molecular flexibility index (Phi) is 7.49. The van der Waals surface area contributed by atoms with E-state index < -0.39 is 17.9 Å². The standard InChI is InChI=1S/C10H19NO5/c1-7(2)16-5-4-15-6-9(10(13)14)11-8(3)12/h7,9H,4-6H2,1-3H3,(H,11,12)(H,13,14). The van der Waals surface area contributed by atoms with Gasteiger partial charge in [0.25, 0.3) is 0 Å². The fourth-order valence-electron chi connectivity index (χ4n) is 0.964. The fraction of sp³-hybridized carbons (Fsp3) is 0.800. The van der Waals surface area contributed by atoms with E-state index in [-0.39, 0.29) is 12.7 Å². The second kappa shape index (κ2) is 8.06. The zero-order chi connectivity index (χ0) is 12.6. The molecule has 6 nitrogen and oxygen atoms in total. The third kappa shape index (κ3) is 8.19. The molecular weight excluding hydrogens is 214 g/mol. The molecule has 0 heterocycles. The molecular formula is C10H19NO5. The molecule has 0 saturated heterocycles. The molecule has 1 atom stereocenters. The van der Waals surface area contributed by atoms with Gasteiger partial charge in [-0.1, -0.05) is 0 Å². The molecule has 2 N–H and O–H groups in total. The number of aliphatic carboxylic acids is 1. The van der Waals surface area contributed by atoms with E-state index in [1.807, 2.05) is 13.8 Å². The first-order chi connectivity index (χ1) is 7.43. The maximum atomic E-state index is 10.7. The minimum atomic E-state index is -1.11. The second-order valence-corrected chi connectivity index (χ2v) is 3.59. The van der Waals surface area contributed by atoms with Gasteiger partial charge in [-0.15, -0.1) is 0 Å². The van der Waals surface area contributed by atoms with E-state index in [9.17, 15) is 9.59 Å². The molecule has 0 aliphatic carbocycles. The maximum Gasteiger partial charge on any atom is 0.328 e. The van der Waals surface area contributed by atoms with Gasteiger partial charge in [0.05, 0.1) is 25.9 Å². The van der Waals surface area contributed by atoms with E-state index in [2.05, 4.69) is 5.32 Å². The first kappa shape index (κ1) is 14.9. The fourth-order valence-corrected chi connectivity index (χ4v) is 0.964. The highest BCUT2D eigenvalue weighted by Gasteiger charge is 2.18. The lowest BCUT2D eigenvalue weighted by molar-refractivity contribution is -0.143. The Hall–Kier alpha value is -1.14. The van der Waals surface area contributed by atoms with Crippen molar-refractivity contribution in [3.05, 3.63) is 0 Å². The molecule has 0 aromatic carbocycles. The largest absolute Gasteiger partial charge is 0.480 e. The molecule has 0 bridgehead atoms. The highest BCUT2D eigenvalue weighted by atomic mass is 16.5. The van der Waals surface area contributed by atoms with Crippen LogP contribution in [0.2, 0.25) is 0 Å². The molecule has 1 amide bonds. The van der Waals surface area contributed by atoms with Crippen molar-refractivity contribution in [1.82, 2.24) is 5.32 Å². The topological polar surface area (TPSA) is 84.9 Å². The SMILES string of the molecule is CC(=O)NC(COCCOC(C)C)C(=O)O. The summed E-state index contributed by atoms with van der Waals surface area (Å²) in [6.07, 6.45) is 0.120. The van der Waals surface area contributed by atoms with Crippen LogP contribution in [0.1, 0.15) is 20.8 Å². The number of carbonyl (C=O) groups is 2. The lowest BCUT2D eigenvalue weighted by Gasteiger charge is -2.14. The van der Waals surface area contributed by atoms with E-state index in [0.717, 1.165) is 0 Å². The zero-order valence-corrected chi connectivity index (χ0v) is 9.86. The van der Waals surface area contributed by atoms with Crippen LogP contribution in [0.3, 0.4) is 0 Å². The summed E-state index contributed by atoms with van der Waals surface area (Å²) in [6, 6.07) is -1.00. The number of ether oxygens (including phenoxy) is 2. The highest BCUT2D eigenvalue weighted by molar-refractivity contribution is 5.82. The number of amides is 1. The van der Waals surface area contributed by atoms with E-state index in [4.69, 9.17) is 14.6 Å². The van der Waals surface area contributed by atoms with Gasteiger partial charge in [-0.25, -0.2) is 4.79 Å². The van der Waals surface area contributed by atoms with Crippen LogP contribution in [0, 0.1) is 0 Å². The Bertz CT molecular complexity index is 229. The van der Waals surface area contributed by atoms with Gasteiger partial charge in [-0.3, -0.25) is 4.79 Å². The minimum Gasteiger partial charge on any atom is -0.480 e. The number of carboxylic acids is 1. The van der Waals surface area contributed by atoms with Crippen molar-refractivity contribution in [2.45, 2.75) is 32.9 Å². The first-order valence-electron chi connectivity index (χ1n) is 5.12. The Morgan fingerprint density at radius 1 is 1.31 bits per heavy atom. The van der Waals surface area contributed by atoms with Gasteiger partial charge in [-0.2, -0.15) is 0 Å². The summed E-state index contributed by atoms with van der Waals surface area (Å²) in [7, 11) is 0. The van der Waals surface area contributed by atoms with Crippen LogP contribution in [-0.2, 0) is 19.1 Å². The number of carbonyl (C=O) groups excluding carboxylic acids is 1. The van der Waals surface area contributed by atoms with Crippen molar-refractivity contribution in [3.8, 4) is 0 Å². The molecule has 1 unspecified atom stereocenters.